The third kappa shape index (κ3) is 4.52. The number of piperidine rings is 1. The number of aryl methyl sites for hydroxylation is 1. The number of aromatic nitrogens is 2. The third-order valence-corrected chi connectivity index (χ3v) is 7.05. The molecule has 1 aromatic carbocycles. The highest BCUT2D eigenvalue weighted by Crippen LogP contribution is 2.34. The van der Waals surface area contributed by atoms with Crippen LogP contribution in [-0.2, 0) is 21.4 Å². The molecule has 29 heavy (non-hydrogen) atoms. The van der Waals surface area contributed by atoms with E-state index in [0.29, 0.717) is 49.9 Å². The van der Waals surface area contributed by atoms with E-state index in [1.165, 1.54) is 24.6 Å². The van der Waals surface area contributed by atoms with Crippen LogP contribution in [0.15, 0.2) is 29.3 Å². The summed E-state index contributed by atoms with van der Waals surface area (Å²) in [7, 11) is 1.03. The molecular weight excluding hydrogens is 394 g/mol. The molecule has 0 N–H and O–H groups in total. The average molecular weight is 422 g/mol. The van der Waals surface area contributed by atoms with Crippen molar-refractivity contribution in [1.82, 2.24) is 14.3 Å². The van der Waals surface area contributed by atoms with Crippen molar-refractivity contribution < 1.29 is 22.6 Å². The maximum atomic E-state index is 13.1. The van der Waals surface area contributed by atoms with E-state index in [2.05, 4.69) is 9.97 Å². The summed E-state index contributed by atoms with van der Waals surface area (Å²) in [5, 5.41) is 0. The van der Waals surface area contributed by atoms with Crippen LogP contribution in [-0.4, -0.2) is 57.1 Å². The first kappa shape index (κ1) is 21.5. The van der Waals surface area contributed by atoms with Crippen LogP contribution in [0.25, 0.3) is 0 Å². The fourth-order valence-corrected chi connectivity index (χ4v) is 5.11. The minimum absolute atomic E-state index is 0.179. The van der Waals surface area contributed by atoms with Gasteiger partial charge < -0.3 is 14.2 Å². The molecule has 0 amide bonds. The van der Waals surface area contributed by atoms with Crippen molar-refractivity contribution in [3.63, 3.8) is 0 Å². The van der Waals surface area contributed by atoms with Gasteiger partial charge in [0.05, 0.1) is 31.4 Å². The lowest BCUT2D eigenvalue weighted by Crippen LogP contribution is -2.38. The topological polar surface area (TPSA) is 90.9 Å². The highest BCUT2D eigenvalue weighted by atomic mass is 32.2. The zero-order valence-corrected chi connectivity index (χ0v) is 18.0. The van der Waals surface area contributed by atoms with Crippen molar-refractivity contribution in [3.05, 3.63) is 41.5 Å². The molecule has 0 aliphatic carbocycles. The van der Waals surface area contributed by atoms with E-state index in [1.807, 2.05) is 6.92 Å². The molecule has 158 valence electrons. The second-order valence-corrected chi connectivity index (χ2v) is 8.89. The number of hydrogen-bond acceptors (Lipinski definition) is 7. The predicted octanol–water partition coefficient (Wildman–Crippen LogP) is 2.52. The van der Waals surface area contributed by atoms with Gasteiger partial charge in [0.1, 0.15) is 5.82 Å². The van der Waals surface area contributed by atoms with E-state index in [1.54, 1.807) is 25.4 Å². The first-order valence-electron chi connectivity index (χ1n) is 9.44. The Labute approximate surface area is 171 Å². The SMILES string of the molecule is COCc1cnc(C)nc1C1CCN(S(=O)(=O)c2ccc(OC)c(OC)c2)CC1. The quantitative estimate of drug-likeness (QED) is 0.678. The lowest BCUT2D eigenvalue weighted by molar-refractivity contribution is 0.182. The average Bonchev–Trinajstić information content (AvgIpc) is 2.74. The van der Waals surface area contributed by atoms with Gasteiger partial charge in [-0.05, 0) is 31.9 Å². The van der Waals surface area contributed by atoms with Gasteiger partial charge in [-0.25, -0.2) is 18.4 Å². The van der Waals surface area contributed by atoms with Gasteiger partial charge in [-0.2, -0.15) is 4.31 Å². The van der Waals surface area contributed by atoms with Crippen molar-refractivity contribution in [1.29, 1.82) is 0 Å². The number of rotatable bonds is 7. The smallest absolute Gasteiger partial charge is 0.243 e. The van der Waals surface area contributed by atoms with Crippen LogP contribution in [0.5, 0.6) is 11.5 Å². The van der Waals surface area contributed by atoms with Crippen molar-refractivity contribution in [2.45, 2.75) is 37.2 Å². The largest absolute Gasteiger partial charge is 0.493 e. The Morgan fingerprint density at radius 2 is 1.79 bits per heavy atom. The highest BCUT2D eigenvalue weighted by molar-refractivity contribution is 7.89. The highest BCUT2D eigenvalue weighted by Gasteiger charge is 2.32. The van der Waals surface area contributed by atoms with Crippen LogP contribution in [0.4, 0.5) is 0 Å². The molecule has 1 fully saturated rings. The molecule has 3 rings (SSSR count). The molecular formula is C20H27N3O5S. The van der Waals surface area contributed by atoms with Gasteiger partial charge in [-0.15, -0.1) is 0 Å². The molecule has 1 aliphatic heterocycles. The van der Waals surface area contributed by atoms with Crippen LogP contribution >= 0.6 is 0 Å². The first-order chi connectivity index (χ1) is 13.9. The van der Waals surface area contributed by atoms with Crippen LogP contribution in [0.1, 0.15) is 35.8 Å². The van der Waals surface area contributed by atoms with E-state index in [9.17, 15) is 8.42 Å². The molecule has 1 aliphatic rings. The fourth-order valence-electron chi connectivity index (χ4n) is 3.63. The van der Waals surface area contributed by atoms with Crippen molar-refractivity contribution in [3.8, 4) is 11.5 Å². The van der Waals surface area contributed by atoms with Crippen molar-refractivity contribution in [2.75, 3.05) is 34.4 Å². The summed E-state index contributed by atoms with van der Waals surface area (Å²) < 4.78 is 43.4. The second kappa shape index (κ2) is 9.06. The van der Waals surface area contributed by atoms with Crippen molar-refractivity contribution >= 4 is 10.0 Å². The maximum absolute atomic E-state index is 13.1. The fraction of sp³-hybridized carbons (Fsp3) is 0.500. The molecule has 0 bridgehead atoms. The second-order valence-electron chi connectivity index (χ2n) is 6.96. The summed E-state index contributed by atoms with van der Waals surface area (Å²) in [6, 6.07) is 4.66. The first-order valence-corrected chi connectivity index (χ1v) is 10.9. The number of nitrogens with zero attached hydrogens (tertiary/aromatic N) is 3. The number of hydrogen-bond donors (Lipinski definition) is 0. The van der Waals surface area contributed by atoms with E-state index in [0.717, 1.165) is 11.3 Å². The van der Waals surface area contributed by atoms with Crippen molar-refractivity contribution in [2.24, 2.45) is 0 Å². The van der Waals surface area contributed by atoms with Gasteiger partial charge in [0.15, 0.2) is 11.5 Å². The molecule has 9 heteroatoms. The molecule has 0 spiro atoms. The Morgan fingerprint density at radius 3 is 2.41 bits per heavy atom. The molecule has 8 nitrogen and oxygen atoms in total. The molecule has 0 radical (unpaired) electrons. The van der Waals surface area contributed by atoms with E-state index >= 15 is 0 Å². The number of sulfonamides is 1. The van der Waals surface area contributed by atoms with Gasteiger partial charge in [-0.3, -0.25) is 0 Å². The standard InChI is InChI=1S/C20H27N3O5S/c1-14-21-12-16(13-26-2)20(22-14)15-7-9-23(10-8-15)29(24,25)17-5-6-18(27-3)19(11-17)28-4/h5-6,11-12,15H,7-10,13H2,1-4H3. The van der Waals surface area contributed by atoms with Gasteiger partial charge >= 0.3 is 0 Å². The summed E-state index contributed by atoms with van der Waals surface area (Å²) in [5.41, 5.74) is 1.92. The van der Waals surface area contributed by atoms with Crippen LogP contribution in [0.3, 0.4) is 0 Å². The molecule has 0 saturated carbocycles. The van der Waals surface area contributed by atoms with Gasteiger partial charge in [0.25, 0.3) is 0 Å². The molecule has 1 aromatic heterocycles. The van der Waals surface area contributed by atoms with Crippen LogP contribution in [0.2, 0.25) is 0 Å². The Hall–Kier alpha value is -2.23. The van der Waals surface area contributed by atoms with Crippen LogP contribution < -0.4 is 9.47 Å². The van der Waals surface area contributed by atoms with Gasteiger partial charge in [0, 0.05) is 43.9 Å². The molecule has 2 heterocycles. The number of ether oxygens (including phenoxy) is 3. The monoisotopic (exact) mass is 421 g/mol. The predicted molar refractivity (Wildman–Crippen MR) is 108 cm³/mol. The summed E-state index contributed by atoms with van der Waals surface area (Å²) in [4.78, 5) is 9.07. The summed E-state index contributed by atoms with van der Waals surface area (Å²) >= 11 is 0. The normalized spacial score (nSPS) is 16.0. The molecule has 0 unspecified atom stereocenters. The van der Waals surface area contributed by atoms with E-state index in [-0.39, 0.29) is 10.8 Å². The molecule has 0 atom stereocenters. The minimum atomic E-state index is -3.61. The van der Waals surface area contributed by atoms with Gasteiger partial charge in [0.2, 0.25) is 10.0 Å². The zero-order valence-electron chi connectivity index (χ0n) is 17.2. The summed E-state index contributed by atoms with van der Waals surface area (Å²) in [6.45, 7) is 3.16. The van der Waals surface area contributed by atoms with Gasteiger partial charge in [-0.1, -0.05) is 0 Å². The Balaban J connectivity index is 1.78. The Morgan fingerprint density at radius 1 is 1.10 bits per heavy atom. The molecule has 1 saturated heterocycles. The lowest BCUT2D eigenvalue weighted by Gasteiger charge is -2.31. The summed E-state index contributed by atoms with van der Waals surface area (Å²) in [6.07, 6.45) is 3.19. The van der Waals surface area contributed by atoms with E-state index in [4.69, 9.17) is 14.2 Å². The van der Waals surface area contributed by atoms with E-state index < -0.39 is 10.0 Å². The number of benzene rings is 1. The zero-order chi connectivity index (χ0) is 21.0. The lowest BCUT2D eigenvalue weighted by atomic mass is 9.92. The third-order valence-electron chi connectivity index (χ3n) is 5.15. The summed E-state index contributed by atoms with van der Waals surface area (Å²) in [5.74, 6) is 1.78. The minimum Gasteiger partial charge on any atom is -0.493 e. The maximum Gasteiger partial charge on any atom is 0.243 e. The van der Waals surface area contributed by atoms with Crippen LogP contribution in [0, 0.1) is 6.92 Å². The number of methoxy groups -OCH3 is 3. The Bertz CT molecular complexity index is 957. The molecule has 2 aromatic rings. The Kier molecular flexibility index (Phi) is 6.71.